The molecule has 8 nitrogen and oxygen atoms in total. The molecule has 3 heterocycles. The summed E-state index contributed by atoms with van der Waals surface area (Å²) in [6.45, 7) is 7.60. The summed E-state index contributed by atoms with van der Waals surface area (Å²) in [6, 6.07) is 8.23. The van der Waals surface area contributed by atoms with Gasteiger partial charge in [-0.05, 0) is 61.4 Å². The summed E-state index contributed by atoms with van der Waals surface area (Å²) < 4.78 is 41.8. The minimum absolute atomic E-state index is 0.0527. The zero-order valence-corrected chi connectivity index (χ0v) is 25.4. The second-order valence-corrected chi connectivity index (χ2v) is 13.3. The van der Waals surface area contributed by atoms with Gasteiger partial charge in [-0.15, -0.1) is 0 Å². The highest BCUT2D eigenvalue weighted by molar-refractivity contribution is 7.89. The standard InChI is InChI=1S/C33H34FN3O5S/c1-19-28(35-20(2)42-19)32(39)37-26-11-8-12-27(38)29(26)36-25-16-33(3,4)18-43(40)31(25)30(37)23-14-13-22(15-24(23)34)41-17-21-9-6-5-7-10-21/h6,8-15,30,36,38H,5,7,16-18H2,1-4H3. The Kier molecular flexibility index (Phi) is 7.50. The predicted molar refractivity (Wildman–Crippen MR) is 164 cm³/mol. The number of halogens is 1. The van der Waals surface area contributed by atoms with Crippen molar-refractivity contribution >= 4 is 28.1 Å². The molecule has 0 bridgehead atoms. The van der Waals surface area contributed by atoms with E-state index in [0.717, 1.165) is 18.4 Å². The van der Waals surface area contributed by atoms with E-state index in [1.807, 2.05) is 19.9 Å². The smallest absolute Gasteiger partial charge is 0.281 e. The van der Waals surface area contributed by atoms with Crippen LogP contribution in [0.25, 0.3) is 0 Å². The number of para-hydroxylation sites is 1. The van der Waals surface area contributed by atoms with E-state index in [1.54, 1.807) is 38.1 Å². The predicted octanol–water partition coefficient (Wildman–Crippen LogP) is 7.00. The molecule has 2 N–H and O–H groups in total. The van der Waals surface area contributed by atoms with Gasteiger partial charge in [-0.25, -0.2) is 9.37 Å². The van der Waals surface area contributed by atoms with Crippen LogP contribution in [0.4, 0.5) is 15.8 Å². The highest BCUT2D eigenvalue weighted by Gasteiger charge is 2.45. The number of carbonyl (C=O) groups excluding carboxylic acids is 1. The van der Waals surface area contributed by atoms with Crippen molar-refractivity contribution < 1.29 is 27.7 Å². The molecule has 2 aromatic carbocycles. The quantitative estimate of drug-likeness (QED) is 0.303. The van der Waals surface area contributed by atoms with Crippen LogP contribution in [-0.4, -0.2) is 32.6 Å². The molecule has 2 unspecified atom stereocenters. The van der Waals surface area contributed by atoms with E-state index in [0.29, 0.717) is 52.5 Å². The normalized spacial score (nSPS) is 21.0. The summed E-state index contributed by atoms with van der Waals surface area (Å²) in [5.41, 5.74) is 2.03. The number of hydrogen-bond donors (Lipinski definition) is 2. The van der Waals surface area contributed by atoms with E-state index in [2.05, 4.69) is 22.5 Å². The molecule has 0 saturated heterocycles. The number of benzene rings is 2. The van der Waals surface area contributed by atoms with Gasteiger partial charge in [0.05, 0.1) is 21.4 Å². The van der Waals surface area contributed by atoms with Crippen molar-refractivity contribution in [2.45, 2.75) is 53.0 Å². The van der Waals surface area contributed by atoms with Gasteiger partial charge in [0.1, 0.15) is 41.4 Å². The van der Waals surface area contributed by atoms with Gasteiger partial charge in [0, 0.05) is 30.0 Å². The molecule has 0 fully saturated rings. The Bertz CT molecular complexity index is 1740. The number of aromatic nitrogens is 1. The van der Waals surface area contributed by atoms with E-state index < -0.39 is 28.6 Å². The first-order chi connectivity index (χ1) is 20.5. The Hall–Kier alpha value is -4.18. The number of nitrogens with zero attached hydrogens (tertiary/aromatic N) is 2. The number of phenols is 1. The molecule has 1 amide bonds. The monoisotopic (exact) mass is 603 g/mol. The number of anilines is 2. The lowest BCUT2D eigenvalue weighted by atomic mass is 9.88. The second kappa shape index (κ2) is 11.1. The van der Waals surface area contributed by atoms with Crippen LogP contribution in [-0.2, 0) is 10.8 Å². The Morgan fingerprint density at radius 1 is 1.26 bits per heavy atom. The van der Waals surface area contributed by atoms with Crippen molar-refractivity contribution in [2.75, 3.05) is 22.6 Å². The zero-order chi connectivity index (χ0) is 30.5. The van der Waals surface area contributed by atoms with Crippen LogP contribution in [0.3, 0.4) is 0 Å². The molecule has 0 radical (unpaired) electrons. The summed E-state index contributed by atoms with van der Waals surface area (Å²) in [4.78, 5) is 20.5. The van der Waals surface area contributed by atoms with E-state index >= 15 is 4.39 Å². The minimum Gasteiger partial charge on any atom is -0.506 e. The van der Waals surface area contributed by atoms with E-state index in [-0.39, 0.29) is 28.1 Å². The Labute approximate surface area is 252 Å². The summed E-state index contributed by atoms with van der Waals surface area (Å²) in [5, 5.41) is 14.3. The molecule has 3 aliphatic rings. The third-order valence-corrected chi connectivity index (χ3v) is 9.85. The first-order valence-electron chi connectivity index (χ1n) is 14.3. The number of oxazole rings is 1. The highest BCUT2D eigenvalue weighted by Crippen LogP contribution is 2.51. The number of nitrogens with one attached hydrogen (secondary N) is 1. The molecule has 3 aromatic rings. The third-order valence-electron chi connectivity index (χ3n) is 7.85. The van der Waals surface area contributed by atoms with Gasteiger partial charge in [-0.2, -0.15) is 0 Å². The number of aromatic hydroxyl groups is 1. The van der Waals surface area contributed by atoms with Crippen LogP contribution in [0.5, 0.6) is 11.5 Å². The maximum Gasteiger partial charge on any atom is 0.281 e. The van der Waals surface area contributed by atoms with Crippen LogP contribution >= 0.6 is 0 Å². The maximum atomic E-state index is 16.3. The summed E-state index contributed by atoms with van der Waals surface area (Å²) in [5.74, 6) is -0.0112. The fourth-order valence-corrected chi connectivity index (χ4v) is 7.80. The van der Waals surface area contributed by atoms with Crippen LogP contribution in [0.1, 0.15) is 66.9 Å². The average Bonchev–Trinajstić information content (AvgIpc) is 3.22. The van der Waals surface area contributed by atoms with E-state index in [1.165, 1.54) is 17.0 Å². The number of amides is 1. The molecule has 0 saturated carbocycles. The van der Waals surface area contributed by atoms with Crippen LogP contribution in [0, 0.1) is 25.1 Å². The fraction of sp³-hybridized carbons (Fsp3) is 0.333. The molecular formula is C33H34FN3O5S. The lowest BCUT2D eigenvalue weighted by Crippen LogP contribution is -2.40. The Balaban J connectivity index is 1.53. The molecule has 2 atom stereocenters. The lowest BCUT2D eigenvalue weighted by Gasteiger charge is -2.37. The van der Waals surface area contributed by atoms with Gasteiger partial charge in [0.15, 0.2) is 11.6 Å². The van der Waals surface area contributed by atoms with Gasteiger partial charge < -0.3 is 19.6 Å². The number of aryl methyl sites for hydroxylation is 2. The molecule has 10 heteroatoms. The van der Waals surface area contributed by atoms with Crippen molar-refractivity contribution in [3.63, 3.8) is 0 Å². The number of ether oxygens (including phenoxy) is 1. The summed E-state index contributed by atoms with van der Waals surface area (Å²) in [7, 11) is -1.59. The number of rotatable bonds is 5. The van der Waals surface area contributed by atoms with Crippen LogP contribution in [0.15, 0.2) is 75.2 Å². The average molecular weight is 604 g/mol. The van der Waals surface area contributed by atoms with Gasteiger partial charge in [0.25, 0.3) is 5.91 Å². The molecule has 0 spiro atoms. The molecule has 1 aromatic heterocycles. The van der Waals surface area contributed by atoms with Crippen LogP contribution < -0.4 is 15.0 Å². The van der Waals surface area contributed by atoms with Gasteiger partial charge in [-0.3, -0.25) is 13.9 Å². The maximum absolute atomic E-state index is 16.3. The third kappa shape index (κ3) is 5.51. The largest absolute Gasteiger partial charge is 0.506 e. The number of fused-ring (bicyclic) bond motifs is 1. The van der Waals surface area contributed by atoms with E-state index in [9.17, 15) is 14.1 Å². The first kappa shape index (κ1) is 28.9. The number of allylic oxidation sites excluding steroid dienone is 3. The second-order valence-electron chi connectivity index (χ2n) is 11.9. The summed E-state index contributed by atoms with van der Waals surface area (Å²) >= 11 is 0. The fourth-order valence-electron chi connectivity index (χ4n) is 5.96. The SMILES string of the molecule is Cc1nc(C(=O)N2c3cccc(O)c3NC3=C(C2c2ccc(OCC4=CCCC=C4)cc2F)S(=O)CC(C)(C)C3)c(C)o1. The topological polar surface area (TPSA) is 105 Å². The van der Waals surface area contributed by atoms with E-state index in [4.69, 9.17) is 9.15 Å². The summed E-state index contributed by atoms with van der Waals surface area (Å²) in [6.07, 6.45) is 8.59. The van der Waals surface area contributed by atoms with Crippen molar-refractivity contribution in [1.29, 1.82) is 0 Å². The van der Waals surface area contributed by atoms with Crippen molar-refractivity contribution in [3.05, 3.63) is 99.5 Å². The van der Waals surface area contributed by atoms with Gasteiger partial charge >= 0.3 is 0 Å². The first-order valence-corrected chi connectivity index (χ1v) is 15.6. The minimum atomic E-state index is -1.59. The number of carbonyl (C=O) groups is 1. The molecule has 224 valence electrons. The number of phenolic OH excluding ortho intramolecular Hbond substituents is 1. The van der Waals surface area contributed by atoms with Crippen molar-refractivity contribution in [3.8, 4) is 11.5 Å². The van der Waals surface area contributed by atoms with Gasteiger partial charge in [-0.1, -0.05) is 38.1 Å². The van der Waals surface area contributed by atoms with Crippen molar-refractivity contribution in [2.24, 2.45) is 5.41 Å². The number of hydrogen-bond acceptors (Lipinski definition) is 7. The molecule has 43 heavy (non-hydrogen) atoms. The highest BCUT2D eigenvalue weighted by atomic mass is 32.2. The Morgan fingerprint density at radius 2 is 2.07 bits per heavy atom. The Morgan fingerprint density at radius 3 is 2.77 bits per heavy atom. The molecule has 6 rings (SSSR count). The molecular weight excluding hydrogens is 569 g/mol. The molecule has 1 aliphatic carbocycles. The van der Waals surface area contributed by atoms with Crippen molar-refractivity contribution in [1.82, 2.24) is 4.98 Å². The lowest BCUT2D eigenvalue weighted by molar-refractivity contribution is 0.0974. The van der Waals surface area contributed by atoms with Gasteiger partial charge in [0.2, 0.25) is 0 Å². The van der Waals surface area contributed by atoms with Crippen LogP contribution in [0.2, 0.25) is 0 Å². The zero-order valence-electron chi connectivity index (χ0n) is 24.6. The molecule has 2 aliphatic heterocycles.